The lowest BCUT2D eigenvalue weighted by Gasteiger charge is -2.08. The molecule has 98 valence electrons. The molecule has 0 aliphatic heterocycles. The molecule has 0 saturated carbocycles. The minimum Gasteiger partial charge on any atom is -0.497 e. The molecule has 2 aromatic rings. The van der Waals surface area contributed by atoms with Crippen LogP contribution < -0.4 is 16.0 Å². The Hall–Kier alpha value is -2.14. The topological polar surface area (TPSA) is 57.2 Å². The number of methoxy groups -OCH3 is 1. The van der Waals surface area contributed by atoms with E-state index in [2.05, 4.69) is 0 Å². The summed E-state index contributed by atoms with van der Waals surface area (Å²) in [6, 6.07) is 11.0. The zero-order valence-corrected chi connectivity index (χ0v) is 11.3. The van der Waals surface area contributed by atoms with E-state index in [1.807, 2.05) is 24.3 Å². The first-order valence-electron chi connectivity index (χ1n) is 5.74. The number of ether oxygens (including phenoxy) is 1. The van der Waals surface area contributed by atoms with E-state index in [4.69, 9.17) is 22.7 Å². The van der Waals surface area contributed by atoms with Crippen LogP contribution >= 0.6 is 12.2 Å². The van der Waals surface area contributed by atoms with Crippen LogP contribution in [0.3, 0.4) is 0 Å². The molecule has 0 radical (unpaired) electrons. The quantitative estimate of drug-likeness (QED) is 0.859. The highest BCUT2D eigenvalue weighted by Crippen LogP contribution is 2.13. The Morgan fingerprint density at radius 1 is 1.37 bits per heavy atom. The van der Waals surface area contributed by atoms with E-state index in [0.29, 0.717) is 12.1 Å². The smallest absolute Gasteiger partial charge is 0.261 e. The van der Waals surface area contributed by atoms with Crippen LogP contribution in [0.25, 0.3) is 0 Å². The van der Waals surface area contributed by atoms with Gasteiger partial charge in [-0.25, -0.2) is 0 Å². The normalized spacial score (nSPS) is 10.2. The largest absolute Gasteiger partial charge is 0.497 e. The molecule has 1 aromatic carbocycles. The van der Waals surface area contributed by atoms with Gasteiger partial charge in [0.15, 0.2) is 0 Å². The number of thiocarbonyl (C=S) groups is 1. The summed E-state index contributed by atoms with van der Waals surface area (Å²) in [5.74, 6) is 0.760. The lowest BCUT2D eigenvalue weighted by molar-refractivity contribution is 0.414. The molecule has 0 bridgehead atoms. The lowest BCUT2D eigenvalue weighted by Crippen LogP contribution is -2.28. The molecule has 0 aliphatic rings. The highest BCUT2D eigenvalue weighted by atomic mass is 32.1. The first kappa shape index (κ1) is 13.3. The molecule has 0 aliphatic carbocycles. The molecule has 5 heteroatoms. The third kappa shape index (κ3) is 3.00. The van der Waals surface area contributed by atoms with Crippen molar-refractivity contribution in [3.05, 3.63) is 64.1 Å². The van der Waals surface area contributed by atoms with Gasteiger partial charge >= 0.3 is 0 Å². The van der Waals surface area contributed by atoms with Gasteiger partial charge in [-0.15, -0.1) is 0 Å². The predicted molar refractivity (Wildman–Crippen MR) is 78.7 cm³/mol. The monoisotopic (exact) mass is 274 g/mol. The Labute approximate surface area is 116 Å². The van der Waals surface area contributed by atoms with Crippen molar-refractivity contribution >= 4 is 17.2 Å². The zero-order valence-electron chi connectivity index (χ0n) is 10.5. The van der Waals surface area contributed by atoms with Crippen molar-refractivity contribution in [1.29, 1.82) is 0 Å². The molecular formula is C14H14N2O2S. The van der Waals surface area contributed by atoms with Gasteiger partial charge in [-0.05, 0) is 29.8 Å². The van der Waals surface area contributed by atoms with Crippen molar-refractivity contribution in [2.24, 2.45) is 5.73 Å². The van der Waals surface area contributed by atoms with Crippen LogP contribution in [-0.2, 0) is 6.54 Å². The Bertz CT molecular complexity index is 664. The highest BCUT2D eigenvalue weighted by Gasteiger charge is 2.06. The van der Waals surface area contributed by atoms with Crippen molar-refractivity contribution in [2.45, 2.75) is 6.54 Å². The van der Waals surface area contributed by atoms with Crippen molar-refractivity contribution in [2.75, 3.05) is 7.11 Å². The second-order valence-electron chi connectivity index (χ2n) is 4.07. The molecule has 0 fully saturated rings. The van der Waals surface area contributed by atoms with Crippen molar-refractivity contribution in [3.8, 4) is 5.75 Å². The average molecular weight is 274 g/mol. The Kier molecular flexibility index (Phi) is 3.97. The van der Waals surface area contributed by atoms with Crippen LogP contribution in [0.5, 0.6) is 5.75 Å². The van der Waals surface area contributed by atoms with Gasteiger partial charge < -0.3 is 15.0 Å². The number of pyridine rings is 1. The number of benzene rings is 1. The lowest BCUT2D eigenvalue weighted by atomic mass is 10.2. The summed E-state index contributed by atoms with van der Waals surface area (Å²) in [7, 11) is 1.61. The van der Waals surface area contributed by atoms with Crippen LogP contribution in [0.2, 0.25) is 0 Å². The Morgan fingerprint density at radius 2 is 2.16 bits per heavy atom. The van der Waals surface area contributed by atoms with E-state index in [-0.39, 0.29) is 10.5 Å². The molecule has 4 nitrogen and oxygen atoms in total. The molecule has 2 N–H and O–H groups in total. The van der Waals surface area contributed by atoms with Gasteiger partial charge in [0.2, 0.25) is 0 Å². The summed E-state index contributed by atoms with van der Waals surface area (Å²) in [5.41, 5.74) is 6.67. The van der Waals surface area contributed by atoms with Crippen LogP contribution in [0.15, 0.2) is 47.4 Å². The molecule has 0 spiro atoms. The molecule has 19 heavy (non-hydrogen) atoms. The fourth-order valence-electron chi connectivity index (χ4n) is 1.82. The molecule has 0 atom stereocenters. The number of nitrogens with zero attached hydrogens (tertiary/aromatic N) is 1. The number of aromatic nitrogens is 1. The number of hydrogen-bond donors (Lipinski definition) is 1. The summed E-state index contributed by atoms with van der Waals surface area (Å²) in [5, 5.41) is 0. The van der Waals surface area contributed by atoms with E-state index < -0.39 is 0 Å². The first-order chi connectivity index (χ1) is 9.11. The SMILES string of the molecule is COc1cccc(Cn2cccc(C(N)=S)c2=O)c1. The third-order valence-electron chi connectivity index (χ3n) is 2.77. The summed E-state index contributed by atoms with van der Waals surface area (Å²) < 4.78 is 6.73. The number of hydrogen-bond acceptors (Lipinski definition) is 3. The van der Waals surface area contributed by atoms with E-state index in [1.54, 1.807) is 30.0 Å². The second kappa shape index (κ2) is 5.67. The highest BCUT2D eigenvalue weighted by molar-refractivity contribution is 7.80. The van der Waals surface area contributed by atoms with Crippen LogP contribution in [0, 0.1) is 0 Å². The molecule has 0 unspecified atom stereocenters. The number of rotatable bonds is 4. The maximum Gasteiger partial charge on any atom is 0.261 e. The molecule has 2 rings (SSSR count). The maximum atomic E-state index is 12.1. The van der Waals surface area contributed by atoms with E-state index in [9.17, 15) is 4.79 Å². The third-order valence-corrected chi connectivity index (χ3v) is 2.99. The summed E-state index contributed by atoms with van der Waals surface area (Å²) >= 11 is 4.86. The second-order valence-corrected chi connectivity index (χ2v) is 4.51. The Balaban J connectivity index is 2.36. The van der Waals surface area contributed by atoms with Gasteiger partial charge in [-0.3, -0.25) is 4.79 Å². The first-order valence-corrected chi connectivity index (χ1v) is 6.15. The maximum absolute atomic E-state index is 12.1. The fraction of sp³-hybridized carbons (Fsp3) is 0.143. The zero-order chi connectivity index (χ0) is 13.8. The van der Waals surface area contributed by atoms with Crippen LogP contribution in [0.4, 0.5) is 0 Å². The molecule has 1 heterocycles. The van der Waals surface area contributed by atoms with Gasteiger partial charge in [-0.1, -0.05) is 24.4 Å². The van der Waals surface area contributed by atoms with Gasteiger partial charge in [0.05, 0.1) is 19.2 Å². The molecule has 0 saturated heterocycles. The van der Waals surface area contributed by atoms with E-state index in [1.165, 1.54) is 0 Å². The number of nitrogens with two attached hydrogens (primary N) is 1. The summed E-state index contributed by atoms with van der Waals surface area (Å²) in [4.78, 5) is 12.2. The minimum absolute atomic E-state index is 0.116. The van der Waals surface area contributed by atoms with Crippen LogP contribution in [0.1, 0.15) is 11.1 Å². The van der Waals surface area contributed by atoms with Crippen molar-refractivity contribution in [1.82, 2.24) is 4.57 Å². The van der Waals surface area contributed by atoms with Crippen molar-refractivity contribution < 1.29 is 4.74 Å². The van der Waals surface area contributed by atoms with E-state index in [0.717, 1.165) is 11.3 Å². The standard InChI is InChI=1S/C14H14N2O2S/c1-18-11-5-2-4-10(8-11)9-16-7-3-6-12(13(15)19)14(16)17/h2-8H,9H2,1H3,(H2,15,19). The van der Waals surface area contributed by atoms with E-state index >= 15 is 0 Å². The van der Waals surface area contributed by atoms with Crippen LogP contribution in [-0.4, -0.2) is 16.7 Å². The molecule has 1 aromatic heterocycles. The predicted octanol–water partition coefficient (Wildman–Crippen LogP) is 1.54. The molecule has 0 amide bonds. The molecular weight excluding hydrogens is 260 g/mol. The van der Waals surface area contributed by atoms with Gasteiger partial charge in [0.1, 0.15) is 10.7 Å². The minimum atomic E-state index is -0.183. The van der Waals surface area contributed by atoms with Gasteiger partial charge in [-0.2, -0.15) is 0 Å². The fourth-order valence-corrected chi connectivity index (χ4v) is 1.97. The van der Waals surface area contributed by atoms with Crippen molar-refractivity contribution in [3.63, 3.8) is 0 Å². The summed E-state index contributed by atoms with van der Waals surface area (Å²) in [6.45, 7) is 0.451. The Morgan fingerprint density at radius 3 is 2.84 bits per heavy atom. The average Bonchev–Trinajstić information content (AvgIpc) is 2.41. The van der Waals surface area contributed by atoms with Gasteiger partial charge in [0.25, 0.3) is 5.56 Å². The summed E-state index contributed by atoms with van der Waals surface area (Å²) in [6.07, 6.45) is 1.71. The van der Waals surface area contributed by atoms with Gasteiger partial charge in [0, 0.05) is 6.20 Å².